The third-order valence-electron chi connectivity index (χ3n) is 3.41. The Morgan fingerprint density at radius 3 is 2.57 bits per heavy atom. The fraction of sp³-hybridized carbons (Fsp3) is 1.00. The van der Waals surface area contributed by atoms with Gasteiger partial charge in [-0.1, -0.05) is 26.7 Å². The zero-order chi connectivity index (χ0) is 10.4. The average Bonchev–Trinajstić information content (AvgIpc) is 2.21. The molecule has 0 bridgehead atoms. The molecule has 84 valence electrons. The molecule has 0 aromatic rings. The van der Waals surface area contributed by atoms with E-state index >= 15 is 0 Å². The van der Waals surface area contributed by atoms with Gasteiger partial charge in [0.05, 0.1) is 6.61 Å². The molecule has 1 aliphatic heterocycles. The molecule has 2 unspecified atom stereocenters. The molecule has 0 spiro atoms. The number of ether oxygens (including phenoxy) is 1. The van der Waals surface area contributed by atoms with Crippen LogP contribution < -0.4 is 5.32 Å². The second-order valence-corrected chi connectivity index (χ2v) is 4.45. The molecule has 2 atom stereocenters. The lowest BCUT2D eigenvalue weighted by molar-refractivity contribution is 0.0637. The van der Waals surface area contributed by atoms with Crippen LogP contribution in [0.4, 0.5) is 0 Å². The van der Waals surface area contributed by atoms with Crippen molar-refractivity contribution in [3.05, 3.63) is 0 Å². The Labute approximate surface area is 88.4 Å². The van der Waals surface area contributed by atoms with Crippen molar-refractivity contribution in [3.8, 4) is 0 Å². The molecule has 1 saturated heterocycles. The number of hydrogen-bond acceptors (Lipinski definition) is 2. The predicted octanol–water partition coefficient (Wildman–Crippen LogP) is 2.58. The van der Waals surface area contributed by atoms with Crippen LogP contribution in [0.15, 0.2) is 0 Å². The van der Waals surface area contributed by atoms with Gasteiger partial charge in [0.2, 0.25) is 0 Å². The van der Waals surface area contributed by atoms with E-state index in [2.05, 4.69) is 26.1 Å². The van der Waals surface area contributed by atoms with Crippen molar-refractivity contribution in [2.45, 2.75) is 58.5 Å². The van der Waals surface area contributed by atoms with Crippen LogP contribution in [0.25, 0.3) is 0 Å². The Hall–Kier alpha value is -0.0800. The third-order valence-corrected chi connectivity index (χ3v) is 3.41. The third kappa shape index (κ3) is 3.58. The van der Waals surface area contributed by atoms with Gasteiger partial charge in [-0.2, -0.15) is 0 Å². The van der Waals surface area contributed by atoms with Crippen molar-refractivity contribution in [3.63, 3.8) is 0 Å². The highest BCUT2D eigenvalue weighted by molar-refractivity contribution is 4.77. The van der Waals surface area contributed by atoms with Crippen LogP contribution in [0.5, 0.6) is 0 Å². The fourth-order valence-corrected chi connectivity index (χ4v) is 2.38. The van der Waals surface area contributed by atoms with E-state index in [0.717, 1.165) is 19.1 Å². The van der Waals surface area contributed by atoms with Crippen LogP contribution in [0, 0.1) is 5.92 Å². The molecular weight excluding hydrogens is 174 g/mol. The zero-order valence-corrected chi connectivity index (χ0v) is 9.88. The number of hydrogen-bond donors (Lipinski definition) is 1. The zero-order valence-electron chi connectivity index (χ0n) is 9.88. The standard InChI is InChI=1S/C12H25NO/c1-4-11(5-2)10(3)13-12-7-6-8-14-9-12/h10-13H,4-9H2,1-3H3. The molecule has 2 nitrogen and oxygen atoms in total. The van der Waals surface area contributed by atoms with Crippen LogP contribution in [0.3, 0.4) is 0 Å². The minimum Gasteiger partial charge on any atom is -0.380 e. The first-order valence-electron chi connectivity index (χ1n) is 6.11. The van der Waals surface area contributed by atoms with Gasteiger partial charge in [-0.15, -0.1) is 0 Å². The molecule has 1 N–H and O–H groups in total. The monoisotopic (exact) mass is 199 g/mol. The highest BCUT2D eigenvalue weighted by Gasteiger charge is 2.19. The average molecular weight is 199 g/mol. The maximum atomic E-state index is 5.47. The van der Waals surface area contributed by atoms with Crippen LogP contribution in [0.1, 0.15) is 46.5 Å². The van der Waals surface area contributed by atoms with Gasteiger partial charge in [0, 0.05) is 18.7 Å². The first-order chi connectivity index (χ1) is 6.77. The number of nitrogens with one attached hydrogen (secondary N) is 1. The lowest BCUT2D eigenvalue weighted by atomic mass is 9.94. The van der Waals surface area contributed by atoms with Gasteiger partial charge in [0.15, 0.2) is 0 Å². The van der Waals surface area contributed by atoms with Gasteiger partial charge >= 0.3 is 0 Å². The summed E-state index contributed by atoms with van der Waals surface area (Å²) in [7, 11) is 0. The minimum absolute atomic E-state index is 0.597. The molecule has 1 rings (SSSR count). The van der Waals surface area contributed by atoms with E-state index in [9.17, 15) is 0 Å². The van der Waals surface area contributed by atoms with E-state index in [1.807, 2.05) is 0 Å². The molecule has 0 amide bonds. The van der Waals surface area contributed by atoms with Gasteiger partial charge in [0.25, 0.3) is 0 Å². The normalized spacial score (nSPS) is 25.3. The van der Waals surface area contributed by atoms with Gasteiger partial charge in [-0.3, -0.25) is 0 Å². The van der Waals surface area contributed by atoms with Crippen molar-refractivity contribution >= 4 is 0 Å². The molecule has 1 heterocycles. The van der Waals surface area contributed by atoms with Crippen molar-refractivity contribution in [1.29, 1.82) is 0 Å². The SMILES string of the molecule is CCC(CC)C(C)NC1CCCOC1. The topological polar surface area (TPSA) is 21.3 Å². The van der Waals surface area contributed by atoms with Crippen molar-refractivity contribution in [2.75, 3.05) is 13.2 Å². The summed E-state index contributed by atoms with van der Waals surface area (Å²) in [4.78, 5) is 0. The summed E-state index contributed by atoms with van der Waals surface area (Å²) >= 11 is 0. The predicted molar refractivity (Wildman–Crippen MR) is 60.5 cm³/mol. The maximum Gasteiger partial charge on any atom is 0.0619 e. The smallest absolute Gasteiger partial charge is 0.0619 e. The quantitative estimate of drug-likeness (QED) is 0.735. The van der Waals surface area contributed by atoms with Gasteiger partial charge in [-0.05, 0) is 25.7 Å². The van der Waals surface area contributed by atoms with Crippen LogP contribution in [0.2, 0.25) is 0 Å². The summed E-state index contributed by atoms with van der Waals surface area (Å²) in [6, 6.07) is 1.23. The van der Waals surface area contributed by atoms with E-state index in [1.165, 1.54) is 25.7 Å². The Morgan fingerprint density at radius 1 is 1.36 bits per heavy atom. The number of rotatable bonds is 5. The molecule has 0 aromatic heterocycles. The molecule has 2 heteroatoms. The molecular formula is C12H25NO. The van der Waals surface area contributed by atoms with E-state index in [1.54, 1.807) is 0 Å². The molecule has 0 aromatic carbocycles. The lowest BCUT2D eigenvalue weighted by Crippen LogP contribution is -2.44. The van der Waals surface area contributed by atoms with Crippen LogP contribution in [-0.2, 0) is 4.74 Å². The first-order valence-corrected chi connectivity index (χ1v) is 6.11. The Kier molecular flexibility index (Phi) is 5.49. The van der Waals surface area contributed by atoms with Gasteiger partial charge in [0.1, 0.15) is 0 Å². The van der Waals surface area contributed by atoms with E-state index in [-0.39, 0.29) is 0 Å². The Morgan fingerprint density at radius 2 is 2.07 bits per heavy atom. The first kappa shape index (κ1) is 12.0. The van der Waals surface area contributed by atoms with Crippen molar-refractivity contribution in [1.82, 2.24) is 5.32 Å². The summed E-state index contributed by atoms with van der Waals surface area (Å²) in [6.45, 7) is 8.74. The Bertz CT molecular complexity index is 139. The van der Waals surface area contributed by atoms with Gasteiger partial charge in [-0.25, -0.2) is 0 Å². The molecule has 0 saturated carbocycles. The summed E-state index contributed by atoms with van der Waals surface area (Å²) in [5, 5.41) is 3.70. The lowest BCUT2D eigenvalue weighted by Gasteiger charge is -2.30. The second kappa shape index (κ2) is 6.41. The van der Waals surface area contributed by atoms with E-state index in [0.29, 0.717) is 12.1 Å². The van der Waals surface area contributed by atoms with E-state index in [4.69, 9.17) is 4.74 Å². The summed E-state index contributed by atoms with van der Waals surface area (Å²) in [5.74, 6) is 0.817. The van der Waals surface area contributed by atoms with Crippen molar-refractivity contribution < 1.29 is 4.74 Å². The summed E-state index contributed by atoms with van der Waals surface area (Å²) in [5.41, 5.74) is 0. The van der Waals surface area contributed by atoms with Crippen LogP contribution in [-0.4, -0.2) is 25.3 Å². The molecule has 0 radical (unpaired) electrons. The molecule has 1 fully saturated rings. The maximum absolute atomic E-state index is 5.47. The second-order valence-electron chi connectivity index (χ2n) is 4.45. The van der Waals surface area contributed by atoms with Crippen molar-refractivity contribution in [2.24, 2.45) is 5.92 Å². The summed E-state index contributed by atoms with van der Waals surface area (Å²) in [6.07, 6.45) is 5.05. The summed E-state index contributed by atoms with van der Waals surface area (Å²) < 4.78 is 5.47. The van der Waals surface area contributed by atoms with E-state index < -0.39 is 0 Å². The highest BCUT2D eigenvalue weighted by Crippen LogP contribution is 2.15. The molecule has 0 aliphatic carbocycles. The minimum atomic E-state index is 0.597. The highest BCUT2D eigenvalue weighted by atomic mass is 16.5. The van der Waals surface area contributed by atoms with Crippen LogP contribution >= 0.6 is 0 Å². The Balaban J connectivity index is 2.26. The fourth-order valence-electron chi connectivity index (χ4n) is 2.38. The van der Waals surface area contributed by atoms with Gasteiger partial charge < -0.3 is 10.1 Å². The largest absolute Gasteiger partial charge is 0.380 e. The molecule has 14 heavy (non-hydrogen) atoms. The molecule has 1 aliphatic rings.